The van der Waals surface area contributed by atoms with E-state index in [2.05, 4.69) is 44.3 Å². The van der Waals surface area contributed by atoms with Crippen molar-refractivity contribution in [3.8, 4) is 11.5 Å². The monoisotopic (exact) mass is 327 g/mol. The molecule has 3 heteroatoms. The smallest absolute Gasteiger partial charge is 0.123 e. The second kappa shape index (κ2) is 8.62. The van der Waals surface area contributed by atoms with Gasteiger partial charge in [0.25, 0.3) is 0 Å². The molecule has 0 aliphatic carbocycles. The molecule has 0 aliphatic rings. The number of ether oxygens (including phenoxy) is 2. The molecule has 0 saturated heterocycles. The topological polar surface area (TPSA) is 30.5 Å². The van der Waals surface area contributed by atoms with Crippen molar-refractivity contribution in [1.29, 1.82) is 0 Å². The Hall–Kier alpha value is -2.16. The number of hydrogen-bond acceptors (Lipinski definition) is 3. The minimum Gasteiger partial charge on any atom is -0.491 e. The normalized spacial score (nSPS) is 11.0. The van der Waals surface area contributed by atoms with Gasteiger partial charge in [-0.3, -0.25) is 0 Å². The number of rotatable bonds is 8. The fraction of sp³-hybridized carbons (Fsp3) is 0.429. The Labute approximate surface area is 146 Å². The van der Waals surface area contributed by atoms with E-state index in [1.807, 2.05) is 38.1 Å². The molecular weight excluding hydrogens is 298 g/mol. The highest BCUT2D eigenvalue weighted by atomic mass is 16.5. The zero-order valence-corrected chi connectivity index (χ0v) is 15.4. The number of aryl methyl sites for hydroxylation is 1. The molecule has 0 amide bonds. The van der Waals surface area contributed by atoms with Gasteiger partial charge in [0.05, 0.1) is 6.10 Å². The maximum Gasteiger partial charge on any atom is 0.123 e. The summed E-state index contributed by atoms with van der Waals surface area (Å²) in [5.41, 5.74) is 3.56. The van der Waals surface area contributed by atoms with Gasteiger partial charge in [-0.15, -0.1) is 0 Å². The lowest BCUT2D eigenvalue weighted by atomic mass is 10.0. The maximum atomic E-state index is 5.99. The van der Waals surface area contributed by atoms with Crippen LogP contribution in [0.2, 0.25) is 0 Å². The van der Waals surface area contributed by atoms with Crippen LogP contribution in [0, 0.1) is 6.92 Å². The average Bonchev–Trinajstić information content (AvgIpc) is 2.52. The van der Waals surface area contributed by atoms with Crippen LogP contribution in [0.25, 0.3) is 0 Å². The molecule has 2 aromatic carbocycles. The first-order valence-corrected chi connectivity index (χ1v) is 8.69. The van der Waals surface area contributed by atoms with E-state index >= 15 is 0 Å². The fourth-order valence-corrected chi connectivity index (χ4v) is 2.52. The molecule has 0 spiro atoms. The van der Waals surface area contributed by atoms with E-state index in [0.29, 0.717) is 12.5 Å². The van der Waals surface area contributed by atoms with Gasteiger partial charge in [0, 0.05) is 12.2 Å². The molecule has 0 radical (unpaired) electrons. The number of nitrogens with one attached hydrogen (secondary N) is 1. The molecule has 0 heterocycles. The van der Waals surface area contributed by atoms with Crippen molar-refractivity contribution in [2.45, 2.75) is 46.6 Å². The summed E-state index contributed by atoms with van der Waals surface area (Å²) >= 11 is 0. The van der Waals surface area contributed by atoms with Crippen LogP contribution in [-0.4, -0.2) is 19.3 Å². The van der Waals surface area contributed by atoms with Gasteiger partial charge in [0.1, 0.15) is 18.1 Å². The van der Waals surface area contributed by atoms with Gasteiger partial charge < -0.3 is 14.8 Å². The Kier molecular flexibility index (Phi) is 6.53. The minimum atomic E-state index is 0.196. The van der Waals surface area contributed by atoms with Crippen LogP contribution in [0.3, 0.4) is 0 Å². The zero-order chi connectivity index (χ0) is 17.5. The largest absolute Gasteiger partial charge is 0.491 e. The van der Waals surface area contributed by atoms with Gasteiger partial charge in [-0.25, -0.2) is 0 Å². The molecule has 0 fully saturated rings. The first kappa shape index (κ1) is 18.2. The quantitative estimate of drug-likeness (QED) is 0.659. The predicted octanol–water partition coefficient (Wildman–Crippen LogP) is 5.40. The van der Waals surface area contributed by atoms with Crippen LogP contribution in [0.5, 0.6) is 11.5 Å². The Bertz CT molecular complexity index is 633. The van der Waals surface area contributed by atoms with Gasteiger partial charge >= 0.3 is 0 Å². The average molecular weight is 327 g/mol. The van der Waals surface area contributed by atoms with E-state index in [1.54, 1.807) is 0 Å². The summed E-state index contributed by atoms with van der Waals surface area (Å²) in [4.78, 5) is 0. The molecule has 2 rings (SSSR count). The van der Waals surface area contributed by atoms with Crippen molar-refractivity contribution in [3.05, 3.63) is 53.6 Å². The molecule has 0 atom stereocenters. The third-order valence-electron chi connectivity index (χ3n) is 3.71. The zero-order valence-electron chi connectivity index (χ0n) is 15.4. The highest BCUT2D eigenvalue weighted by molar-refractivity contribution is 5.46. The van der Waals surface area contributed by atoms with E-state index in [-0.39, 0.29) is 6.10 Å². The van der Waals surface area contributed by atoms with Crippen LogP contribution in [0.15, 0.2) is 42.5 Å². The third-order valence-corrected chi connectivity index (χ3v) is 3.71. The first-order chi connectivity index (χ1) is 11.5. The van der Waals surface area contributed by atoms with Crippen molar-refractivity contribution in [1.82, 2.24) is 0 Å². The van der Waals surface area contributed by atoms with E-state index in [9.17, 15) is 0 Å². The molecule has 3 nitrogen and oxygen atoms in total. The third kappa shape index (κ3) is 5.48. The van der Waals surface area contributed by atoms with Crippen LogP contribution in [0.1, 0.15) is 44.7 Å². The van der Waals surface area contributed by atoms with Crippen LogP contribution in [-0.2, 0) is 0 Å². The van der Waals surface area contributed by atoms with Gasteiger partial charge in [-0.05, 0) is 68.1 Å². The maximum absolute atomic E-state index is 5.99. The Morgan fingerprint density at radius 3 is 2.29 bits per heavy atom. The fourth-order valence-electron chi connectivity index (χ4n) is 2.52. The minimum absolute atomic E-state index is 0.196. The molecule has 0 unspecified atom stereocenters. The first-order valence-electron chi connectivity index (χ1n) is 8.69. The Morgan fingerprint density at radius 1 is 0.958 bits per heavy atom. The van der Waals surface area contributed by atoms with Crippen molar-refractivity contribution in [3.63, 3.8) is 0 Å². The SMILES string of the molecule is Cc1ccc(C(C)C)c(OCCNc2ccc(OC(C)C)cc2)c1. The molecule has 0 bridgehead atoms. The lowest BCUT2D eigenvalue weighted by Crippen LogP contribution is -2.12. The van der Waals surface area contributed by atoms with E-state index in [0.717, 1.165) is 23.7 Å². The summed E-state index contributed by atoms with van der Waals surface area (Å²) < 4.78 is 11.6. The van der Waals surface area contributed by atoms with Gasteiger partial charge in [0.15, 0.2) is 0 Å². The number of anilines is 1. The summed E-state index contributed by atoms with van der Waals surface area (Å²) in [6.45, 7) is 11.9. The van der Waals surface area contributed by atoms with E-state index in [4.69, 9.17) is 9.47 Å². The summed E-state index contributed by atoms with van der Waals surface area (Å²) in [6.07, 6.45) is 0.196. The molecule has 2 aromatic rings. The second-order valence-electron chi connectivity index (χ2n) is 6.66. The predicted molar refractivity (Wildman–Crippen MR) is 101 cm³/mol. The van der Waals surface area contributed by atoms with Gasteiger partial charge in [-0.1, -0.05) is 26.0 Å². The standard InChI is InChI=1S/C21H29NO2/c1-15(2)20-11-6-17(5)14-21(20)23-13-12-22-18-7-9-19(10-8-18)24-16(3)4/h6-11,14-16,22H,12-13H2,1-5H3. The summed E-state index contributed by atoms with van der Waals surface area (Å²) in [6, 6.07) is 14.5. The lowest BCUT2D eigenvalue weighted by molar-refractivity contribution is 0.242. The summed E-state index contributed by atoms with van der Waals surface area (Å²) in [5.74, 6) is 2.35. The van der Waals surface area contributed by atoms with E-state index < -0.39 is 0 Å². The summed E-state index contributed by atoms with van der Waals surface area (Å²) in [5, 5.41) is 3.38. The Morgan fingerprint density at radius 2 is 1.67 bits per heavy atom. The van der Waals surface area contributed by atoms with Crippen molar-refractivity contribution in [2.75, 3.05) is 18.5 Å². The van der Waals surface area contributed by atoms with Crippen LogP contribution in [0.4, 0.5) is 5.69 Å². The van der Waals surface area contributed by atoms with Crippen molar-refractivity contribution < 1.29 is 9.47 Å². The molecule has 0 aliphatic heterocycles. The van der Waals surface area contributed by atoms with Gasteiger partial charge in [-0.2, -0.15) is 0 Å². The van der Waals surface area contributed by atoms with Crippen LogP contribution >= 0.6 is 0 Å². The molecule has 1 N–H and O–H groups in total. The van der Waals surface area contributed by atoms with Gasteiger partial charge in [0.2, 0.25) is 0 Å². The molecular formula is C21H29NO2. The lowest BCUT2D eigenvalue weighted by Gasteiger charge is -2.15. The van der Waals surface area contributed by atoms with Crippen LogP contribution < -0.4 is 14.8 Å². The van der Waals surface area contributed by atoms with Crippen molar-refractivity contribution >= 4 is 5.69 Å². The number of benzene rings is 2. The molecule has 24 heavy (non-hydrogen) atoms. The number of hydrogen-bond donors (Lipinski definition) is 1. The van der Waals surface area contributed by atoms with Crippen molar-refractivity contribution in [2.24, 2.45) is 0 Å². The second-order valence-corrected chi connectivity index (χ2v) is 6.66. The molecule has 0 saturated carbocycles. The Balaban J connectivity index is 1.84. The summed E-state index contributed by atoms with van der Waals surface area (Å²) in [7, 11) is 0. The highest BCUT2D eigenvalue weighted by Gasteiger charge is 2.08. The highest BCUT2D eigenvalue weighted by Crippen LogP contribution is 2.27. The van der Waals surface area contributed by atoms with E-state index in [1.165, 1.54) is 11.1 Å². The molecule has 130 valence electrons. The molecule has 0 aromatic heterocycles.